The molecule has 6 N–H and O–H groups in total. The van der Waals surface area contributed by atoms with Crippen molar-refractivity contribution in [3.63, 3.8) is 0 Å². The van der Waals surface area contributed by atoms with Gasteiger partial charge in [-0.3, -0.25) is 9.59 Å². The summed E-state index contributed by atoms with van der Waals surface area (Å²) >= 11 is 0. The quantitative estimate of drug-likeness (QED) is 0.0180. The van der Waals surface area contributed by atoms with E-state index in [1.54, 1.807) is 133 Å². The molecule has 0 unspecified atom stereocenters. The molecule has 92 heavy (non-hydrogen) atoms. The molecule has 0 amide bonds. The highest BCUT2D eigenvalue weighted by Crippen LogP contribution is 2.57. The number of alkyl halides is 6. The van der Waals surface area contributed by atoms with Crippen molar-refractivity contribution in [2.75, 3.05) is 12.3 Å². The Bertz CT molecular complexity index is 3720. The highest BCUT2D eigenvalue weighted by molar-refractivity contribution is 7.96. The Labute approximate surface area is 519 Å². The summed E-state index contributed by atoms with van der Waals surface area (Å²) in [6.07, 6.45) is -10.3. The molecule has 0 spiro atoms. The number of Topliss-reactive ketones (excluding diaryl/α,β-unsaturated/α-hetero) is 2. The SMILES string of the molecule is O=C(O)c1cccc([P+](CC(=O)c2ccccc2)(c2cccc(C(=O)O)c2)c2cccc(C(=O)O)c2)c1.O=C(O)c1cccc([P+](CC(=O)c2ccccc2)(c2cccc(C(=O)O)c2)c2cccc(C(=O)O)c2)c1.[O-]B([O-])Oc1cc(C(F)(F)F)cc(C(F)(F)F)c1. The van der Waals surface area contributed by atoms with Crippen molar-refractivity contribution in [1.29, 1.82) is 0 Å². The summed E-state index contributed by atoms with van der Waals surface area (Å²) in [6, 6.07) is 54.5. The molecule has 0 aliphatic carbocycles. The fourth-order valence-electron chi connectivity index (χ4n) is 9.67. The molecule has 0 saturated heterocycles. The fourth-order valence-corrected chi connectivity index (χ4v) is 18.0. The van der Waals surface area contributed by atoms with Crippen LogP contribution >= 0.6 is 14.5 Å². The first-order chi connectivity index (χ1) is 43.4. The molecule has 9 aromatic rings. The van der Waals surface area contributed by atoms with Gasteiger partial charge < -0.3 is 45.3 Å². The number of carbonyl (C=O) groups is 8. The number of ketones is 2. The van der Waals surface area contributed by atoms with Crippen LogP contribution in [0.4, 0.5) is 26.3 Å². The zero-order chi connectivity index (χ0) is 67.3. The first-order valence-electron chi connectivity index (χ1n) is 26.7. The summed E-state index contributed by atoms with van der Waals surface area (Å²) in [5.74, 6) is -8.51. The topological polar surface area (TPSA) is 313 Å². The lowest BCUT2D eigenvalue weighted by Gasteiger charge is -2.28. The summed E-state index contributed by atoms with van der Waals surface area (Å²) in [7, 11) is -9.25. The molecule has 9 aromatic carbocycles. The van der Waals surface area contributed by atoms with E-state index < -0.39 is 86.9 Å². The summed E-state index contributed by atoms with van der Waals surface area (Å²) in [5.41, 5.74) is -2.46. The van der Waals surface area contributed by atoms with Crippen molar-refractivity contribution in [2.24, 2.45) is 0 Å². The van der Waals surface area contributed by atoms with Gasteiger partial charge in [-0.1, -0.05) is 97.1 Å². The Morgan fingerprint density at radius 2 is 0.543 bits per heavy atom. The predicted octanol–water partition coefficient (Wildman–Crippen LogP) is 8.72. The molecule has 0 heterocycles. The lowest BCUT2D eigenvalue weighted by Crippen LogP contribution is -2.50. The molecule has 0 aliphatic heterocycles. The number of carboxylic acid groups (broad SMARTS) is 6. The molecule has 17 nitrogen and oxygen atoms in total. The van der Waals surface area contributed by atoms with E-state index in [0.29, 0.717) is 43.0 Å². The number of hydrogen-bond acceptors (Lipinski definition) is 11. The third-order valence-corrected chi connectivity index (χ3v) is 22.4. The average Bonchev–Trinajstić information content (AvgIpc) is 0.751. The second-order valence-corrected chi connectivity index (χ2v) is 26.8. The van der Waals surface area contributed by atoms with Crippen LogP contribution in [0, 0.1) is 0 Å². The van der Waals surface area contributed by atoms with Crippen molar-refractivity contribution in [3.05, 3.63) is 280 Å². The molecule has 0 atom stereocenters. The largest absolute Gasteiger partial charge is 0.860 e. The van der Waals surface area contributed by atoms with Crippen molar-refractivity contribution in [1.82, 2.24) is 0 Å². The minimum atomic E-state index is -5.05. The zero-order valence-electron chi connectivity index (χ0n) is 47.2. The molecule has 0 bridgehead atoms. The van der Waals surface area contributed by atoms with Gasteiger partial charge in [0, 0.05) is 11.1 Å². The lowest BCUT2D eigenvalue weighted by atomic mass is 10.1. The Morgan fingerprint density at radius 3 is 0.739 bits per heavy atom. The molecule has 468 valence electrons. The third-order valence-electron chi connectivity index (χ3n) is 13.9. The van der Waals surface area contributed by atoms with Gasteiger partial charge >= 0.3 is 48.2 Å². The molecular weight excluding hydrogens is 1250 g/mol. The monoisotopic (exact) mass is 1300 g/mol. The minimum absolute atomic E-state index is 0.00202. The van der Waals surface area contributed by atoms with Crippen molar-refractivity contribution in [3.8, 4) is 5.75 Å². The molecule has 0 saturated carbocycles. The van der Waals surface area contributed by atoms with Crippen LogP contribution in [0.25, 0.3) is 0 Å². The molecular formula is C66H47BF6O17P2. The lowest BCUT2D eigenvalue weighted by molar-refractivity contribution is -0.372. The first kappa shape index (κ1) is 68.8. The van der Waals surface area contributed by atoms with Gasteiger partial charge in [-0.2, -0.15) is 26.3 Å². The number of halogens is 6. The number of carboxylic acids is 6. The van der Waals surface area contributed by atoms with E-state index in [1.165, 1.54) is 72.8 Å². The second-order valence-electron chi connectivity index (χ2n) is 19.8. The number of hydrogen-bond donors (Lipinski definition) is 6. The summed E-state index contributed by atoms with van der Waals surface area (Å²) in [6.45, 7) is 0. The van der Waals surface area contributed by atoms with Crippen molar-refractivity contribution < 1.29 is 110 Å². The van der Waals surface area contributed by atoms with Crippen LogP contribution in [0.3, 0.4) is 0 Å². The van der Waals surface area contributed by atoms with E-state index in [4.69, 9.17) is 0 Å². The summed E-state index contributed by atoms with van der Waals surface area (Å²) in [5, 5.41) is 81.4. The maximum Gasteiger partial charge on any atom is 0.416 e. The smallest absolute Gasteiger partial charge is 0.416 e. The number of rotatable bonds is 20. The van der Waals surface area contributed by atoms with Crippen molar-refractivity contribution in [2.45, 2.75) is 12.4 Å². The Morgan fingerprint density at radius 1 is 0.326 bits per heavy atom. The van der Waals surface area contributed by atoms with Gasteiger partial charge in [-0.25, -0.2) is 28.8 Å². The molecule has 26 heteroatoms. The molecule has 0 radical (unpaired) electrons. The van der Waals surface area contributed by atoms with E-state index >= 15 is 0 Å². The van der Waals surface area contributed by atoms with E-state index in [2.05, 4.69) is 4.65 Å². The first-order valence-corrected chi connectivity index (χ1v) is 30.6. The van der Waals surface area contributed by atoms with Crippen LogP contribution in [0.2, 0.25) is 0 Å². The number of aromatic carboxylic acids is 6. The van der Waals surface area contributed by atoms with Gasteiger partial charge in [0.15, 0.2) is 0 Å². The third kappa shape index (κ3) is 16.6. The van der Waals surface area contributed by atoms with Gasteiger partial charge in [0.2, 0.25) is 11.6 Å². The van der Waals surface area contributed by atoms with Crippen LogP contribution in [0.1, 0.15) is 94.0 Å². The highest BCUT2D eigenvalue weighted by Gasteiger charge is 2.50. The Hall–Kier alpha value is -10.6. The normalized spacial score (nSPS) is 11.3. The molecule has 9 rings (SSSR count). The maximum atomic E-state index is 13.7. The maximum absolute atomic E-state index is 13.7. The second kappa shape index (κ2) is 29.3. The molecule has 0 fully saturated rings. The summed E-state index contributed by atoms with van der Waals surface area (Å²) in [4.78, 5) is 98.7. The fraction of sp³-hybridized carbons (Fsp3) is 0.0606. The van der Waals surface area contributed by atoms with Gasteiger partial charge in [0.25, 0.3) is 0 Å². The van der Waals surface area contributed by atoms with E-state index in [-0.39, 0.29) is 75.5 Å². The Kier molecular flexibility index (Phi) is 22.0. The van der Waals surface area contributed by atoms with Crippen LogP contribution in [0.15, 0.2) is 224 Å². The van der Waals surface area contributed by atoms with Gasteiger partial charge in [0.1, 0.15) is 66.0 Å². The predicted molar refractivity (Wildman–Crippen MR) is 326 cm³/mol. The highest BCUT2D eigenvalue weighted by atomic mass is 31.2. The van der Waals surface area contributed by atoms with Gasteiger partial charge in [-0.05, 0) is 127 Å². The van der Waals surface area contributed by atoms with Crippen molar-refractivity contribution >= 4 is 101 Å². The average molecular weight is 1300 g/mol. The number of benzene rings is 9. The number of carbonyl (C=O) groups excluding carboxylic acids is 2. The summed E-state index contributed by atoms with van der Waals surface area (Å²) < 4.78 is 77.5. The van der Waals surface area contributed by atoms with Gasteiger partial charge in [-0.15, -0.1) is 0 Å². The van der Waals surface area contributed by atoms with Crippen LogP contribution in [-0.2, 0) is 12.4 Å². The standard InChI is InChI=1S/2C29H21O7P.C8H3BF6O3/c2*30-26(19-7-2-1-3-8-19)18-37(23-12-4-9-20(15-23)27(31)32,24-13-5-10-21(16-24)28(33)34)25-14-6-11-22(17-25)29(35)36;10-7(11,12)4-1-5(8(13,14)15)3-6(2-4)18-9(16)17/h2*1-17H,18H2,(H2-,31,32,33,34,35,36);1-3H/q;;-2/p+2. The van der Waals surface area contributed by atoms with Crippen LogP contribution in [0.5, 0.6) is 5.75 Å². The zero-order valence-corrected chi connectivity index (χ0v) is 49.0. The van der Waals surface area contributed by atoms with E-state index in [0.717, 1.165) is 0 Å². The molecule has 0 aromatic heterocycles. The Balaban J connectivity index is 0.000000208. The van der Waals surface area contributed by atoms with Crippen LogP contribution < -0.4 is 46.5 Å². The molecule has 0 aliphatic rings. The van der Waals surface area contributed by atoms with Gasteiger partial charge in [0.05, 0.1) is 50.3 Å². The van der Waals surface area contributed by atoms with E-state index in [1.807, 2.05) is 0 Å². The van der Waals surface area contributed by atoms with Crippen LogP contribution in [-0.4, -0.2) is 97.7 Å². The minimum Gasteiger partial charge on any atom is -0.860 e. The van der Waals surface area contributed by atoms with E-state index in [9.17, 15) is 105 Å².